The van der Waals surface area contributed by atoms with E-state index in [0.717, 1.165) is 5.57 Å². The molecule has 2 saturated heterocycles. The van der Waals surface area contributed by atoms with Crippen molar-refractivity contribution in [2.45, 2.75) is 122 Å². The van der Waals surface area contributed by atoms with E-state index in [2.05, 4.69) is 5.32 Å². The molecule has 56 heavy (non-hydrogen) atoms. The number of Topliss-reactive ketones (excluding diaryl/α,β-unsaturated/α-hetero) is 1. The van der Waals surface area contributed by atoms with Crippen LogP contribution >= 0.6 is 0 Å². The molecule has 1 amide bonds. The van der Waals surface area contributed by atoms with Crippen LogP contribution in [0.3, 0.4) is 0 Å². The number of ether oxygens (including phenoxy) is 4. The summed E-state index contributed by atoms with van der Waals surface area (Å²) >= 11 is 0. The monoisotopic (exact) mass is 783 g/mol. The predicted molar refractivity (Wildman–Crippen MR) is 199 cm³/mol. The molecule has 5 N–H and O–H groups in total. The molecular weight excluding hydrogens is 728 g/mol. The van der Waals surface area contributed by atoms with Crippen molar-refractivity contribution in [3.63, 3.8) is 0 Å². The molecule has 0 aromatic carbocycles. The molecule has 0 radical (unpaired) electrons. The van der Waals surface area contributed by atoms with Crippen molar-refractivity contribution in [3.05, 3.63) is 63.6 Å². The molecule has 0 aromatic rings. The Labute approximate surface area is 326 Å². The van der Waals surface area contributed by atoms with Gasteiger partial charge >= 0.3 is 12.1 Å². The first kappa shape index (κ1) is 41.9. The van der Waals surface area contributed by atoms with E-state index in [1.54, 1.807) is 19.9 Å². The van der Waals surface area contributed by atoms with E-state index in [0.29, 0.717) is 18.3 Å². The third-order valence-electron chi connectivity index (χ3n) is 13.8. The number of hydrogen-bond acceptors (Lipinski definition) is 14. The molecule has 15 atom stereocenters. The van der Waals surface area contributed by atoms with Crippen molar-refractivity contribution in [2.24, 2.45) is 40.9 Å². The van der Waals surface area contributed by atoms with Gasteiger partial charge in [-0.3, -0.25) is 14.8 Å². The van der Waals surface area contributed by atoms with Gasteiger partial charge in [0.1, 0.15) is 17.6 Å². The molecule has 1 saturated carbocycles. The molecule has 15 nitrogen and oxygen atoms in total. The van der Waals surface area contributed by atoms with Crippen LogP contribution in [0.25, 0.3) is 0 Å². The molecule has 2 aliphatic heterocycles. The van der Waals surface area contributed by atoms with E-state index in [-0.39, 0.29) is 41.9 Å². The highest BCUT2D eigenvalue weighted by Crippen LogP contribution is 2.60. The Hall–Kier alpha value is -3.70. The third kappa shape index (κ3) is 6.68. The molecule has 6 rings (SSSR count). The maximum absolute atomic E-state index is 14.9. The summed E-state index contributed by atoms with van der Waals surface area (Å²) in [5.74, 6) is -5.08. The van der Waals surface area contributed by atoms with Crippen molar-refractivity contribution >= 4 is 24.1 Å². The first-order chi connectivity index (χ1) is 26.2. The Bertz CT molecular complexity index is 1780. The smallest absolute Gasteiger partial charge is 0.407 e. The molecule has 6 aliphatic rings. The van der Waals surface area contributed by atoms with Gasteiger partial charge in [-0.15, -0.1) is 0 Å². The van der Waals surface area contributed by atoms with Gasteiger partial charge < -0.3 is 50.0 Å². The second kappa shape index (κ2) is 15.2. The summed E-state index contributed by atoms with van der Waals surface area (Å²) in [7, 11) is 1.17. The number of hydrogen-bond donors (Lipinski definition) is 5. The Morgan fingerprint density at radius 2 is 1.79 bits per heavy atom. The van der Waals surface area contributed by atoms with Crippen LogP contribution in [0.15, 0.2) is 58.4 Å². The zero-order valence-electron chi connectivity index (χ0n) is 33.1. The number of aldehydes is 1. The fraction of sp³-hybridized carbons (Fsp3) is 0.659. The predicted octanol–water partition coefficient (Wildman–Crippen LogP) is 4.12. The number of methoxy groups -OCH3 is 1. The number of ketones is 1. The summed E-state index contributed by atoms with van der Waals surface area (Å²) in [4.78, 5) is 53.3. The molecule has 4 aliphatic carbocycles. The number of aliphatic hydroxyl groups is 3. The van der Waals surface area contributed by atoms with Gasteiger partial charge in [-0.25, -0.2) is 9.59 Å². The number of nitrogens with zero attached hydrogens (tertiary/aromatic N) is 1. The average molecular weight is 784 g/mol. The number of hydroxylamine groups is 2. The number of alkyl carbamates (subject to hydrolysis) is 1. The number of esters is 1. The second-order valence-electron chi connectivity index (χ2n) is 17.3. The summed E-state index contributed by atoms with van der Waals surface area (Å²) in [5, 5.41) is 60.9. The second-order valence-corrected chi connectivity index (χ2v) is 17.3. The number of carbonyl (C=O) groups is 4. The number of amides is 1. The lowest BCUT2D eigenvalue weighted by Gasteiger charge is -2.55. The number of aliphatic hydroxyl groups excluding tert-OH is 3. The van der Waals surface area contributed by atoms with Crippen LogP contribution in [0.1, 0.15) is 74.1 Å². The van der Waals surface area contributed by atoms with E-state index in [9.17, 15) is 44.9 Å². The standard InChI is InChI=1S/C41H55N2O13/c1-19-9-12-29(55-30-17-39(6,43(51)52)34(23(5)54-30)42-38(50)53-8)20(2)14-27-28(45)15-24(18-44)16-41(27)36(48)31(37(49)56-41)35(47)40(7)26(19)11-10-25-32(40)21(3)13-22(4)33(25)46/h9-11,14-15,18,21-23,25-30,32-34,45-47,51H,12-13,16-17H2,1-8H3,(H,42,50)/q-1/b19-9+,20-14+,35-31?/t21-,22-,23+,25-,26-,27+,28-,29-,30-,32+,33-,34+,39+,40+,41-/m0/s1. The van der Waals surface area contributed by atoms with Gasteiger partial charge in [0.05, 0.1) is 49.0 Å². The first-order valence-electron chi connectivity index (χ1n) is 19.3. The quantitative estimate of drug-likeness (QED) is 0.0870. The maximum Gasteiger partial charge on any atom is 0.407 e. The minimum atomic E-state index is -2.09. The van der Waals surface area contributed by atoms with Gasteiger partial charge in [0.25, 0.3) is 0 Å². The average Bonchev–Trinajstić information content (AvgIpc) is 3.38. The van der Waals surface area contributed by atoms with Crippen LogP contribution in [0.2, 0.25) is 0 Å². The molecule has 2 bridgehead atoms. The van der Waals surface area contributed by atoms with Crippen molar-refractivity contribution in [1.29, 1.82) is 0 Å². The molecule has 1 spiro atoms. The summed E-state index contributed by atoms with van der Waals surface area (Å²) in [6.07, 6.45) is 3.60. The van der Waals surface area contributed by atoms with Gasteiger partial charge in [-0.2, -0.15) is 0 Å². The minimum Gasteiger partial charge on any atom is -0.762 e. The molecule has 3 fully saturated rings. The largest absolute Gasteiger partial charge is 0.762 e. The number of carbonyl (C=O) groups excluding carboxylic acids is 4. The number of nitrogens with one attached hydrogen (secondary N) is 1. The number of fused-ring (bicyclic) bond motifs is 4. The third-order valence-corrected chi connectivity index (χ3v) is 13.8. The first-order valence-corrected chi connectivity index (χ1v) is 19.3. The SMILES string of the molecule is COC(=O)N[C@@H]1[C@@H](C)O[C@@H](O[C@H]2C/C=C(\C)[C@@H]3C=C[C@@H]4[C@@H](O)[C@@H](C)C[C@H](C)[C@H]4[C@]3(C)C(O)=C3C(=O)O[C@]4(CC(C=O)=C[C@H](O)[C@H]4/C=C/2C)C3=O)C[C@@]1(C)N([O-])O. The number of rotatable bonds is 5. The van der Waals surface area contributed by atoms with Gasteiger partial charge in [0.2, 0.25) is 5.78 Å². The lowest BCUT2D eigenvalue weighted by Crippen LogP contribution is -2.67. The lowest BCUT2D eigenvalue weighted by atomic mass is 9.49. The van der Waals surface area contributed by atoms with Crippen LogP contribution < -0.4 is 5.32 Å². The normalized spacial score (nSPS) is 45.9. The van der Waals surface area contributed by atoms with Crippen LogP contribution in [-0.4, -0.2) is 105 Å². The summed E-state index contributed by atoms with van der Waals surface area (Å²) in [5.41, 5.74) is -4.23. The zero-order valence-corrected chi connectivity index (χ0v) is 33.1. The fourth-order valence-corrected chi connectivity index (χ4v) is 10.8. The fourth-order valence-electron chi connectivity index (χ4n) is 10.8. The Morgan fingerprint density at radius 3 is 2.43 bits per heavy atom. The summed E-state index contributed by atoms with van der Waals surface area (Å²) in [6, 6.07) is -1.01. The Balaban J connectivity index is 1.51. The van der Waals surface area contributed by atoms with E-state index in [4.69, 9.17) is 18.9 Å². The molecule has 2 heterocycles. The highest BCUT2D eigenvalue weighted by Gasteiger charge is 2.64. The highest BCUT2D eigenvalue weighted by atomic mass is 16.8. The van der Waals surface area contributed by atoms with Crippen molar-refractivity contribution in [3.8, 4) is 0 Å². The summed E-state index contributed by atoms with van der Waals surface area (Å²) < 4.78 is 23.5. The lowest BCUT2D eigenvalue weighted by molar-refractivity contribution is -0.267. The van der Waals surface area contributed by atoms with E-state index in [1.165, 1.54) is 20.1 Å². The molecular formula is C41H55N2O13-. The van der Waals surface area contributed by atoms with E-state index >= 15 is 0 Å². The summed E-state index contributed by atoms with van der Waals surface area (Å²) in [6.45, 7) is 12.5. The van der Waals surface area contributed by atoms with Gasteiger partial charge in [0, 0.05) is 30.1 Å². The van der Waals surface area contributed by atoms with Crippen LogP contribution in [0.4, 0.5) is 4.79 Å². The molecule has 0 aromatic heterocycles. The minimum absolute atomic E-state index is 0.0405. The van der Waals surface area contributed by atoms with Crippen LogP contribution in [-0.2, 0) is 33.3 Å². The number of allylic oxidation sites excluding steroid dienone is 3. The molecule has 0 unspecified atom stereocenters. The van der Waals surface area contributed by atoms with Gasteiger partial charge in [-0.1, -0.05) is 50.6 Å². The van der Waals surface area contributed by atoms with Gasteiger partial charge in [0.15, 0.2) is 11.9 Å². The highest BCUT2D eigenvalue weighted by molar-refractivity contribution is 6.26. The van der Waals surface area contributed by atoms with Crippen molar-refractivity contribution in [1.82, 2.24) is 10.5 Å². The molecule has 15 heteroatoms. The maximum atomic E-state index is 14.9. The zero-order chi connectivity index (χ0) is 41.2. The van der Waals surface area contributed by atoms with Crippen LogP contribution in [0.5, 0.6) is 0 Å². The topological polar surface area (TPSA) is 224 Å². The van der Waals surface area contributed by atoms with Crippen molar-refractivity contribution in [2.75, 3.05) is 7.11 Å². The Morgan fingerprint density at radius 1 is 1.09 bits per heavy atom. The van der Waals surface area contributed by atoms with E-state index < -0.39 is 106 Å². The molecule has 308 valence electrons. The van der Waals surface area contributed by atoms with E-state index in [1.807, 2.05) is 45.9 Å². The Kier molecular flexibility index (Phi) is 11.4. The van der Waals surface area contributed by atoms with Crippen molar-refractivity contribution < 1.29 is 58.7 Å². The van der Waals surface area contributed by atoms with Crippen LogP contribution in [0, 0.1) is 46.1 Å². The van der Waals surface area contributed by atoms with Gasteiger partial charge in [-0.05, 0) is 75.5 Å².